The van der Waals surface area contributed by atoms with E-state index in [1.807, 2.05) is 0 Å². The number of quaternary nitrogens is 1. The largest absolute Gasteiger partial charge is 0.461 e. The lowest BCUT2D eigenvalue weighted by Gasteiger charge is -2.46. The van der Waals surface area contributed by atoms with Gasteiger partial charge in [0.1, 0.15) is 0 Å². The van der Waals surface area contributed by atoms with Crippen molar-refractivity contribution < 1.29 is 114 Å². The first kappa shape index (κ1) is 39.2. The summed E-state index contributed by atoms with van der Waals surface area (Å²) in [5.74, 6) is -91.2. The molecule has 0 aromatic heterocycles. The molecule has 0 aliphatic heterocycles. The van der Waals surface area contributed by atoms with E-state index in [1.165, 1.54) is 0 Å². The quantitative estimate of drug-likeness (QED) is 0.118. The van der Waals surface area contributed by atoms with Gasteiger partial charge in [-0.15, -0.1) is 8.78 Å². The predicted octanol–water partition coefficient (Wildman–Crippen LogP) is 8.20. The summed E-state index contributed by atoms with van der Waals surface area (Å²) in [4.78, 5) is 0. The summed E-state index contributed by atoms with van der Waals surface area (Å²) in [6, 6.07) is -6.81. The van der Waals surface area contributed by atoms with Crippen LogP contribution in [0.25, 0.3) is 0 Å². The lowest BCUT2D eigenvalue weighted by molar-refractivity contribution is -0.975. The fourth-order valence-corrected chi connectivity index (χ4v) is 2.37. The zero-order valence-corrected chi connectivity index (χ0v) is 18.9. The van der Waals surface area contributed by atoms with E-state index in [-0.39, 0.29) is 21.1 Å². The van der Waals surface area contributed by atoms with E-state index in [4.69, 9.17) is 0 Å². The van der Waals surface area contributed by atoms with E-state index in [2.05, 4.69) is 0 Å². The molecule has 0 bridgehead atoms. The lowest BCUT2D eigenvalue weighted by Crippen LogP contribution is -2.79. The van der Waals surface area contributed by atoms with Gasteiger partial charge >= 0.3 is 71.4 Å². The van der Waals surface area contributed by atoms with Gasteiger partial charge in [-0.05, 0) is 0 Å². The van der Waals surface area contributed by atoms with Crippen LogP contribution in [0.4, 0.5) is 110 Å². The molecule has 0 aromatic carbocycles. The Morgan fingerprint density at radius 2 is 0.390 bits per heavy atom. The van der Waals surface area contributed by atoms with Gasteiger partial charge in [0, 0.05) is 0 Å². The molecule has 0 aliphatic carbocycles. The number of alkyl halides is 25. The summed E-state index contributed by atoms with van der Waals surface area (Å²) in [6.45, 7) is 0. The Hall–Kier alpha value is -1.79. The summed E-state index contributed by atoms with van der Waals surface area (Å²) in [5, 5.41) is 0. The summed E-state index contributed by atoms with van der Waals surface area (Å²) < 4.78 is 330. The van der Waals surface area contributed by atoms with Crippen LogP contribution >= 0.6 is 0 Å². The molecule has 0 atom stereocenters. The molecule has 0 unspecified atom stereocenters. The maximum absolute atomic E-state index is 13.7. The highest BCUT2D eigenvalue weighted by atomic mass is 19.4. The van der Waals surface area contributed by atoms with E-state index >= 15 is 0 Å². The van der Waals surface area contributed by atoms with Gasteiger partial charge in [0.25, 0.3) is 0 Å². The van der Waals surface area contributed by atoms with Crippen LogP contribution in [0.2, 0.25) is 0 Å². The van der Waals surface area contributed by atoms with Crippen molar-refractivity contribution in [2.24, 2.45) is 0 Å². The number of nitrogens with zero attached hydrogens (tertiary/aromatic N) is 1. The van der Waals surface area contributed by atoms with Gasteiger partial charge in [0.15, 0.2) is 0 Å². The molecule has 0 rings (SSSR count). The normalized spacial score (nSPS) is 17.3. The molecule has 0 radical (unpaired) electrons. The van der Waals surface area contributed by atoms with Crippen molar-refractivity contribution in [1.29, 1.82) is 0 Å². The van der Waals surface area contributed by atoms with Crippen molar-refractivity contribution >= 4 is 0 Å². The Balaban J connectivity index is 7.41. The molecule has 0 saturated carbocycles. The van der Waals surface area contributed by atoms with Crippen molar-refractivity contribution in [3.8, 4) is 0 Å². The Morgan fingerprint density at radius 3 is 0.537 bits per heavy atom. The number of halogens is 25. The van der Waals surface area contributed by atoms with Crippen LogP contribution in [0.5, 0.6) is 0 Å². The molecule has 0 heterocycles. The minimum Gasteiger partial charge on any atom is -0.265 e. The second-order valence-electron chi connectivity index (χ2n) is 8.80. The van der Waals surface area contributed by atoms with E-state index in [9.17, 15) is 110 Å². The molecule has 0 amide bonds. The summed E-state index contributed by atoms with van der Waals surface area (Å²) in [5.41, 5.74) is 0. The summed E-state index contributed by atoms with van der Waals surface area (Å²) >= 11 is 0. The molecular weight excluding hydrogens is 669 g/mol. The maximum Gasteiger partial charge on any atom is 0.461 e. The number of rotatable bonds is 11. The average Bonchev–Trinajstić information content (AvgIpc) is 2.70. The topological polar surface area (TPSA) is 0 Å². The molecule has 41 heavy (non-hydrogen) atoms. The van der Waals surface area contributed by atoms with Gasteiger partial charge in [-0.3, -0.25) is 4.48 Å². The Bertz CT molecular complexity index is 886. The van der Waals surface area contributed by atoms with E-state index in [0.717, 1.165) is 0 Å². The van der Waals surface area contributed by atoms with Crippen molar-refractivity contribution in [1.82, 2.24) is 0 Å². The zero-order valence-electron chi connectivity index (χ0n) is 18.9. The molecular formula is C15H9F25N+. The second-order valence-corrected chi connectivity index (χ2v) is 8.80. The molecule has 0 aliphatic rings. The molecule has 0 aromatic rings. The highest BCUT2D eigenvalue weighted by Crippen LogP contribution is 2.67. The first-order chi connectivity index (χ1) is 17.0. The van der Waals surface area contributed by atoms with Gasteiger partial charge in [0.05, 0.1) is 21.1 Å². The van der Waals surface area contributed by atoms with Crippen molar-refractivity contribution in [2.45, 2.75) is 71.4 Å². The van der Waals surface area contributed by atoms with Crippen molar-refractivity contribution in [3.63, 3.8) is 0 Å². The Labute approximate surface area is 208 Å². The van der Waals surface area contributed by atoms with Gasteiger partial charge in [-0.1, -0.05) is 0 Å². The third-order valence-electron chi connectivity index (χ3n) is 5.13. The van der Waals surface area contributed by atoms with Crippen LogP contribution in [0, 0.1) is 0 Å². The first-order valence-corrected chi connectivity index (χ1v) is 9.04. The monoisotopic (exact) mass is 678 g/mol. The summed E-state index contributed by atoms with van der Waals surface area (Å²) in [7, 11) is -0.867. The molecule has 26 heteroatoms. The maximum atomic E-state index is 13.7. The number of hydrogen-bond acceptors (Lipinski definition) is 0. The van der Waals surface area contributed by atoms with Gasteiger partial charge in [0.2, 0.25) is 0 Å². The average molecular weight is 678 g/mol. The van der Waals surface area contributed by atoms with E-state index < -0.39 is 75.9 Å². The Morgan fingerprint density at radius 1 is 0.244 bits per heavy atom. The fraction of sp³-hybridized carbons (Fsp3) is 1.00. The minimum atomic E-state index is -9.57. The molecule has 0 fully saturated rings. The van der Waals surface area contributed by atoms with Crippen LogP contribution in [-0.2, 0) is 0 Å². The van der Waals surface area contributed by atoms with Gasteiger partial charge in [-0.25, -0.2) is 0 Å². The second kappa shape index (κ2) is 9.11. The standard InChI is InChI=1S/C15H9F25N/c1-41(2,3)15(39,40)13(34,35)11(30,31)9(26,27)7(22,23)5(18,19)4(16,17)6(20,21)8(24,25)10(28,29)12(32,33)14(36,37)38/h1-3H3/q+1. The third kappa shape index (κ3) is 4.44. The Kier molecular flexibility index (Phi) is 8.71. The minimum absolute atomic E-state index is 0.289. The van der Waals surface area contributed by atoms with Crippen LogP contribution < -0.4 is 0 Å². The van der Waals surface area contributed by atoms with Crippen molar-refractivity contribution in [3.05, 3.63) is 0 Å². The lowest BCUT2D eigenvalue weighted by atomic mass is 9.85. The van der Waals surface area contributed by atoms with E-state index in [0.29, 0.717) is 0 Å². The van der Waals surface area contributed by atoms with Crippen LogP contribution in [-0.4, -0.2) is 97.1 Å². The zero-order chi connectivity index (χ0) is 34.5. The molecule has 0 N–H and O–H groups in total. The summed E-state index contributed by atoms with van der Waals surface area (Å²) in [6.07, 6.45) is -8.16. The first-order valence-electron chi connectivity index (χ1n) is 9.04. The SMILES string of the molecule is C[N+](C)(C)C(F)(F)C(F)(F)C(F)(F)C(F)(F)C(F)(F)C(F)(F)C(F)(F)C(F)(F)C(F)(F)C(F)(F)C(F)(F)C(F)(F)F. The van der Waals surface area contributed by atoms with Gasteiger partial charge < -0.3 is 0 Å². The van der Waals surface area contributed by atoms with Crippen LogP contribution in [0.3, 0.4) is 0 Å². The highest BCUT2D eigenvalue weighted by molar-refractivity contribution is 5.19. The predicted molar refractivity (Wildman–Crippen MR) is 78.5 cm³/mol. The fourth-order valence-electron chi connectivity index (χ4n) is 2.37. The highest BCUT2D eigenvalue weighted by Gasteiger charge is 3.00. The molecule has 0 spiro atoms. The molecule has 1 nitrogen and oxygen atoms in total. The van der Waals surface area contributed by atoms with E-state index in [1.54, 1.807) is 0 Å². The van der Waals surface area contributed by atoms with Gasteiger partial charge in [-0.2, -0.15) is 101 Å². The van der Waals surface area contributed by atoms with Crippen molar-refractivity contribution in [2.75, 3.05) is 21.1 Å². The smallest absolute Gasteiger partial charge is 0.265 e. The molecule has 0 saturated heterocycles. The van der Waals surface area contributed by atoms with Crippen LogP contribution in [0.1, 0.15) is 0 Å². The number of hydrogen-bond donors (Lipinski definition) is 0. The third-order valence-corrected chi connectivity index (χ3v) is 5.13. The molecule has 248 valence electrons. The van der Waals surface area contributed by atoms with Crippen LogP contribution in [0.15, 0.2) is 0 Å².